The van der Waals surface area contributed by atoms with Gasteiger partial charge in [-0.05, 0) is 43.7 Å². The van der Waals surface area contributed by atoms with Crippen LogP contribution in [0.2, 0.25) is 0 Å². The molecule has 0 amide bonds. The minimum absolute atomic E-state index is 0. The molecule has 1 heterocycles. The van der Waals surface area contributed by atoms with Crippen molar-refractivity contribution < 1.29 is 51.4 Å². The molecule has 0 saturated carbocycles. The molecule has 0 saturated heterocycles. The average molecular weight is 249 g/mol. The Bertz CT molecular complexity index is 357. The van der Waals surface area contributed by atoms with Gasteiger partial charge in [0.15, 0.2) is 0 Å². The van der Waals surface area contributed by atoms with Crippen LogP contribution in [0.4, 0.5) is 0 Å². The molecule has 0 aromatic carbocycles. The summed E-state index contributed by atoms with van der Waals surface area (Å²) in [6, 6.07) is 0. The van der Waals surface area contributed by atoms with E-state index in [2.05, 4.69) is 11.9 Å². The summed E-state index contributed by atoms with van der Waals surface area (Å²) in [5, 5.41) is 0. The van der Waals surface area contributed by atoms with Crippen LogP contribution in [0.25, 0.3) is 0 Å². The Morgan fingerprint density at radius 2 is 2.00 bits per heavy atom. The SMILES string of the molecule is Cc1[nH]c2c(c1C(=S)[S-])CCCC2.[K+]. The Hall–Kier alpha value is 1.23. The normalized spacial score (nSPS) is 14.4. The third-order valence-electron chi connectivity index (χ3n) is 2.69. The smallest absolute Gasteiger partial charge is 0.428 e. The Kier molecular flexibility index (Phi) is 5.24. The van der Waals surface area contributed by atoms with E-state index in [0.717, 1.165) is 24.1 Å². The van der Waals surface area contributed by atoms with Crippen LogP contribution in [0, 0.1) is 6.92 Å². The van der Waals surface area contributed by atoms with Gasteiger partial charge in [0.05, 0.1) is 0 Å². The Balaban J connectivity index is 0.000000980. The van der Waals surface area contributed by atoms with Crippen molar-refractivity contribution >= 4 is 29.0 Å². The molecule has 2 rings (SSSR count). The predicted octanol–water partition coefficient (Wildman–Crippen LogP) is -0.572. The van der Waals surface area contributed by atoms with Crippen molar-refractivity contribution in [3.05, 3.63) is 22.5 Å². The molecule has 0 radical (unpaired) electrons. The van der Waals surface area contributed by atoms with E-state index in [1.54, 1.807) is 0 Å². The summed E-state index contributed by atoms with van der Waals surface area (Å²) in [5.41, 5.74) is 5.06. The van der Waals surface area contributed by atoms with E-state index in [1.165, 1.54) is 24.1 Å². The number of aromatic nitrogens is 1. The van der Waals surface area contributed by atoms with Gasteiger partial charge in [0.25, 0.3) is 0 Å². The van der Waals surface area contributed by atoms with Gasteiger partial charge in [0.1, 0.15) is 0 Å². The largest absolute Gasteiger partial charge is 1.00 e. The maximum absolute atomic E-state index is 5.08. The van der Waals surface area contributed by atoms with Crippen LogP contribution in [0.15, 0.2) is 0 Å². The molecule has 0 bridgehead atoms. The first-order valence-corrected chi connectivity index (χ1v) is 5.43. The van der Waals surface area contributed by atoms with Gasteiger partial charge >= 0.3 is 51.4 Å². The molecule has 0 aliphatic heterocycles. The number of rotatable bonds is 1. The van der Waals surface area contributed by atoms with Crippen molar-refractivity contribution in [3.63, 3.8) is 0 Å². The summed E-state index contributed by atoms with van der Waals surface area (Å²) >= 11 is 10.2. The van der Waals surface area contributed by atoms with Crippen LogP contribution in [0.3, 0.4) is 0 Å². The second-order valence-electron chi connectivity index (χ2n) is 3.58. The molecule has 1 N–H and O–H groups in total. The molecule has 0 unspecified atom stereocenters. The molecule has 0 atom stereocenters. The minimum atomic E-state index is 0. The fourth-order valence-corrected chi connectivity index (χ4v) is 2.66. The van der Waals surface area contributed by atoms with Gasteiger partial charge in [-0.15, -0.1) is 4.20 Å². The molecule has 1 aromatic rings. The van der Waals surface area contributed by atoms with E-state index in [-0.39, 0.29) is 51.4 Å². The van der Waals surface area contributed by atoms with Gasteiger partial charge < -0.3 is 29.8 Å². The minimum Gasteiger partial charge on any atom is -0.428 e. The maximum Gasteiger partial charge on any atom is 1.00 e. The molecule has 1 aromatic heterocycles. The number of thiocarbonyl (C=S) groups is 1. The monoisotopic (exact) mass is 249 g/mol. The molecule has 14 heavy (non-hydrogen) atoms. The van der Waals surface area contributed by atoms with E-state index in [4.69, 9.17) is 24.8 Å². The van der Waals surface area contributed by atoms with Crippen LogP contribution >= 0.6 is 12.2 Å². The van der Waals surface area contributed by atoms with Gasteiger partial charge in [-0.3, -0.25) is 0 Å². The van der Waals surface area contributed by atoms with Gasteiger partial charge in [0.2, 0.25) is 0 Å². The Morgan fingerprint density at radius 3 is 2.64 bits per heavy atom. The van der Waals surface area contributed by atoms with Crippen molar-refractivity contribution in [2.75, 3.05) is 0 Å². The third-order valence-corrected chi connectivity index (χ3v) is 3.10. The van der Waals surface area contributed by atoms with E-state index in [0.29, 0.717) is 4.20 Å². The molecule has 0 fully saturated rings. The van der Waals surface area contributed by atoms with E-state index in [9.17, 15) is 0 Å². The van der Waals surface area contributed by atoms with Gasteiger partial charge in [-0.25, -0.2) is 0 Å². The molecule has 1 nitrogen and oxygen atoms in total. The third kappa shape index (κ3) is 2.48. The van der Waals surface area contributed by atoms with Gasteiger partial charge in [-0.1, -0.05) is 0 Å². The van der Waals surface area contributed by atoms with Crippen molar-refractivity contribution in [1.29, 1.82) is 0 Å². The van der Waals surface area contributed by atoms with E-state index >= 15 is 0 Å². The zero-order valence-corrected chi connectivity index (χ0v) is 13.4. The Morgan fingerprint density at radius 1 is 1.36 bits per heavy atom. The first-order chi connectivity index (χ1) is 6.20. The zero-order valence-electron chi connectivity index (χ0n) is 8.64. The molecule has 0 spiro atoms. The summed E-state index contributed by atoms with van der Waals surface area (Å²) in [7, 11) is 0. The predicted molar refractivity (Wildman–Crippen MR) is 61.2 cm³/mol. The number of nitrogens with one attached hydrogen (secondary N) is 1. The van der Waals surface area contributed by atoms with Crippen LogP contribution in [-0.2, 0) is 25.5 Å². The standard InChI is InChI=1S/C10H13NS2.K/c1-6-9(10(12)13)7-4-2-3-5-8(7)11-6;/h11H,2-5H2,1H3,(H,12,13);/q;+1/p-1. The first-order valence-electron chi connectivity index (χ1n) is 4.62. The molecule has 4 heteroatoms. The number of fused-ring (bicyclic) bond motifs is 1. The van der Waals surface area contributed by atoms with Crippen molar-refractivity contribution in [2.45, 2.75) is 32.6 Å². The fourth-order valence-electron chi connectivity index (χ4n) is 2.11. The number of aryl methyl sites for hydroxylation is 2. The van der Waals surface area contributed by atoms with Gasteiger partial charge in [-0.2, -0.15) is 0 Å². The van der Waals surface area contributed by atoms with E-state index < -0.39 is 0 Å². The first kappa shape index (κ1) is 13.3. The fraction of sp³-hybridized carbons (Fsp3) is 0.500. The van der Waals surface area contributed by atoms with Crippen LogP contribution < -0.4 is 51.4 Å². The van der Waals surface area contributed by atoms with Crippen molar-refractivity contribution in [1.82, 2.24) is 4.98 Å². The summed E-state index contributed by atoms with van der Waals surface area (Å²) in [6.45, 7) is 2.06. The number of H-pyrrole nitrogens is 1. The number of hydrogen-bond acceptors (Lipinski definition) is 2. The summed E-state index contributed by atoms with van der Waals surface area (Å²) in [6.07, 6.45) is 4.87. The summed E-state index contributed by atoms with van der Waals surface area (Å²) < 4.78 is 0.622. The molecular weight excluding hydrogens is 237 g/mol. The summed E-state index contributed by atoms with van der Waals surface area (Å²) in [4.78, 5) is 3.39. The summed E-state index contributed by atoms with van der Waals surface area (Å²) in [5.74, 6) is 0. The second-order valence-corrected chi connectivity index (χ2v) is 4.65. The molecular formula is C10H12KNS2. The Labute approximate surface area is 138 Å². The number of aromatic amines is 1. The molecule has 1 aliphatic rings. The van der Waals surface area contributed by atoms with Crippen LogP contribution in [-0.4, -0.2) is 9.18 Å². The van der Waals surface area contributed by atoms with Crippen LogP contribution in [0.1, 0.15) is 35.4 Å². The van der Waals surface area contributed by atoms with Crippen molar-refractivity contribution in [2.24, 2.45) is 0 Å². The second kappa shape index (κ2) is 5.52. The van der Waals surface area contributed by atoms with Crippen LogP contribution in [0.5, 0.6) is 0 Å². The quantitative estimate of drug-likeness (QED) is 0.407. The topological polar surface area (TPSA) is 15.8 Å². The van der Waals surface area contributed by atoms with Crippen molar-refractivity contribution in [3.8, 4) is 0 Å². The zero-order chi connectivity index (χ0) is 9.42. The number of hydrogen-bond donors (Lipinski definition) is 1. The van der Waals surface area contributed by atoms with Gasteiger partial charge in [0, 0.05) is 11.4 Å². The molecule has 70 valence electrons. The van der Waals surface area contributed by atoms with E-state index in [1.807, 2.05) is 0 Å². The maximum atomic E-state index is 5.08. The molecule has 1 aliphatic carbocycles. The average Bonchev–Trinajstić information content (AvgIpc) is 2.39.